The molecule has 2 aliphatic heterocycles. The minimum atomic E-state index is -0.503. The minimum absolute atomic E-state index is 0.0294. The monoisotopic (exact) mass is 554 g/mol. The highest BCUT2D eigenvalue weighted by Gasteiger charge is 2.33. The van der Waals surface area contributed by atoms with Crippen molar-refractivity contribution in [3.63, 3.8) is 0 Å². The molecule has 3 N–H and O–H groups in total. The van der Waals surface area contributed by atoms with Crippen molar-refractivity contribution in [1.82, 2.24) is 15.3 Å². The fourth-order valence-corrected chi connectivity index (χ4v) is 4.34. The van der Waals surface area contributed by atoms with Crippen LogP contribution in [0.5, 0.6) is 11.5 Å². The van der Waals surface area contributed by atoms with Gasteiger partial charge in [0.25, 0.3) is 5.91 Å². The Morgan fingerprint density at radius 3 is 2.60 bits per heavy atom. The molecule has 2 bridgehead atoms. The third kappa shape index (κ3) is 7.41. The number of benzene rings is 1. The number of para-hydroxylation sites is 1. The molecule has 0 saturated heterocycles. The van der Waals surface area contributed by atoms with Gasteiger partial charge in [0, 0.05) is 29.9 Å². The average molecular weight is 555 g/mol. The van der Waals surface area contributed by atoms with Gasteiger partial charge in [0.05, 0.1) is 49.2 Å². The highest BCUT2D eigenvalue weighted by atomic mass is 19.1. The number of nitrogens with zero attached hydrogens (tertiary/aromatic N) is 1. The lowest BCUT2D eigenvalue weighted by atomic mass is 9.93. The quantitative estimate of drug-likeness (QED) is 0.296. The molecule has 3 aromatic rings. The van der Waals surface area contributed by atoms with Gasteiger partial charge in [-0.1, -0.05) is 59.8 Å². The van der Waals surface area contributed by atoms with Crippen LogP contribution >= 0.6 is 0 Å². The van der Waals surface area contributed by atoms with E-state index in [4.69, 9.17) is 14.2 Å². The SMILES string of the molecule is CC.CC.CC.COc1c(F)cccc1Nc1c2[nH]c3c1C(=O)NCC3C/C=C\COCCOc1cnccc1-2. The Morgan fingerprint density at radius 1 is 1.07 bits per heavy atom. The molecule has 2 aliphatic rings. The van der Waals surface area contributed by atoms with Gasteiger partial charge in [-0.2, -0.15) is 0 Å². The second-order valence-corrected chi connectivity index (χ2v) is 8.02. The van der Waals surface area contributed by atoms with E-state index in [1.54, 1.807) is 24.5 Å². The molecule has 0 aliphatic carbocycles. The fraction of sp³-hybridized carbons (Fsp3) is 0.419. The summed E-state index contributed by atoms with van der Waals surface area (Å²) in [7, 11) is 1.41. The lowest BCUT2D eigenvalue weighted by Gasteiger charge is -2.23. The number of anilines is 2. The number of aromatic amines is 1. The summed E-state index contributed by atoms with van der Waals surface area (Å²) in [5.41, 5.74) is 3.59. The average Bonchev–Trinajstić information content (AvgIpc) is 3.38. The van der Waals surface area contributed by atoms with E-state index in [0.717, 1.165) is 17.7 Å². The Kier molecular flexibility index (Phi) is 13.7. The van der Waals surface area contributed by atoms with Crippen LogP contribution in [0.15, 0.2) is 48.8 Å². The summed E-state index contributed by atoms with van der Waals surface area (Å²) >= 11 is 0. The van der Waals surface area contributed by atoms with Crippen LogP contribution in [0.25, 0.3) is 11.3 Å². The molecular formula is C31H43FN4O4. The van der Waals surface area contributed by atoms with E-state index in [1.165, 1.54) is 13.2 Å². The topological polar surface area (TPSA) is 97.5 Å². The van der Waals surface area contributed by atoms with Gasteiger partial charge >= 0.3 is 0 Å². The van der Waals surface area contributed by atoms with Gasteiger partial charge in [-0.3, -0.25) is 9.78 Å². The number of allylic oxidation sites excluding steroid dienone is 1. The molecule has 4 heterocycles. The summed E-state index contributed by atoms with van der Waals surface area (Å²) in [6.45, 7) is 13.8. The molecule has 1 aromatic carbocycles. The number of hydrogen-bond acceptors (Lipinski definition) is 6. The smallest absolute Gasteiger partial charge is 0.255 e. The van der Waals surface area contributed by atoms with Crippen molar-refractivity contribution < 1.29 is 23.4 Å². The lowest BCUT2D eigenvalue weighted by Crippen LogP contribution is -2.34. The summed E-state index contributed by atoms with van der Waals surface area (Å²) in [6, 6.07) is 6.43. The van der Waals surface area contributed by atoms with E-state index >= 15 is 0 Å². The highest BCUT2D eigenvalue weighted by molar-refractivity contribution is 6.07. The summed E-state index contributed by atoms with van der Waals surface area (Å²) in [6.07, 6.45) is 8.04. The number of amides is 1. The van der Waals surface area contributed by atoms with E-state index in [2.05, 4.69) is 26.7 Å². The summed E-state index contributed by atoms with van der Waals surface area (Å²) in [5, 5.41) is 6.25. The first-order valence-electron chi connectivity index (χ1n) is 14.1. The molecule has 0 saturated carbocycles. The number of rotatable bonds is 3. The van der Waals surface area contributed by atoms with E-state index in [1.807, 2.05) is 53.7 Å². The van der Waals surface area contributed by atoms with Gasteiger partial charge in [0.15, 0.2) is 11.6 Å². The number of fused-ring (bicyclic) bond motifs is 3. The minimum Gasteiger partial charge on any atom is -0.492 e. The van der Waals surface area contributed by atoms with Gasteiger partial charge in [-0.15, -0.1) is 0 Å². The van der Waals surface area contributed by atoms with E-state index in [-0.39, 0.29) is 17.6 Å². The Labute approximate surface area is 237 Å². The van der Waals surface area contributed by atoms with Crippen LogP contribution in [-0.2, 0) is 4.74 Å². The molecule has 218 valence electrons. The number of H-pyrrole nitrogens is 1. The van der Waals surface area contributed by atoms with Crippen molar-refractivity contribution in [2.45, 2.75) is 53.9 Å². The summed E-state index contributed by atoms with van der Waals surface area (Å²) in [4.78, 5) is 20.8. The molecule has 2 aromatic heterocycles. The number of carbonyl (C=O) groups is 1. The zero-order valence-corrected chi connectivity index (χ0v) is 24.7. The predicted octanol–water partition coefficient (Wildman–Crippen LogP) is 7.23. The Bertz CT molecular complexity index is 1240. The third-order valence-corrected chi connectivity index (χ3v) is 5.94. The van der Waals surface area contributed by atoms with E-state index < -0.39 is 5.82 Å². The first-order valence-corrected chi connectivity index (χ1v) is 14.1. The molecule has 0 spiro atoms. The number of halogens is 1. The highest BCUT2D eigenvalue weighted by Crippen LogP contribution is 2.44. The Balaban J connectivity index is 0.000000876. The summed E-state index contributed by atoms with van der Waals surface area (Å²) in [5.74, 6) is -0.0734. The maximum atomic E-state index is 14.4. The normalized spacial score (nSPS) is 16.3. The zero-order chi connectivity index (χ0) is 29.5. The van der Waals surface area contributed by atoms with Gasteiger partial charge in [-0.25, -0.2) is 4.39 Å². The van der Waals surface area contributed by atoms with Crippen LogP contribution in [0.3, 0.4) is 0 Å². The number of hydrogen-bond donors (Lipinski definition) is 3. The lowest BCUT2D eigenvalue weighted by molar-refractivity contribution is 0.0941. The Morgan fingerprint density at radius 2 is 1.85 bits per heavy atom. The molecule has 1 amide bonds. The Hall–Kier alpha value is -3.85. The molecular weight excluding hydrogens is 511 g/mol. The molecule has 1 unspecified atom stereocenters. The van der Waals surface area contributed by atoms with Crippen LogP contribution in [0, 0.1) is 5.82 Å². The largest absolute Gasteiger partial charge is 0.492 e. The third-order valence-electron chi connectivity index (χ3n) is 5.94. The summed E-state index contributed by atoms with van der Waals surface area (Å²) < 4.78 is 31.3. The number of methoxy groups -OCH3 is 1. The molecule has 0 radical (unpaired) electrons. The maximum Gasteiger partial charge on any atom is 0.255 e. The molecule has 1 atom stereocenters. The second kappa shape index (κ2) is 17.0. The van der Waals surface area contributed by atoms with Gasteiger partial charge in [0.2, 0.25) is 0 Å². The van der Waals surface area contributed by atoms with Crippen LogP contribution < -0.4 is 20.1 Å². The molecule has 9 heteroatoms. The first-order chi connectivity index (χ1) is 19.7. The molecule has 40 heavy (non-hydrogen) atoms. The van der Waals surface area contributed by atoms with Gasteiger partial charge in [0.1, 0.15) is 12.4 Å². The molecule has 0 fully saturated rings. The van der Waals surface area contributed by atoms with Gasteiger partial charge < -0.3 is 29.8 Å². The second-order valence-electron chi connectivity index (χ2n) is 8.02. The first kappa shape index (κ1) is 32.4. The van der Waals surface area contributed by atoms with Crippen LogP contribution in [0.1, 0.15) is 69.9 Å². The molecule has 5 rings (SSSR count). The van der Waals surface area contributed by atoms with Crippen LogP contribution in [0.2, 0.25) is 0 Å². The van der Waals surface area contributed by atoms with Crippen molar-refractivity contribution in [3.05, 3.63) is 65.9 Å². The van der Waals surface area contributed by atoms with Crippen molar-refractivity contribution in [1.29, 1.82) is 0 Å². The number of nitrogens with one attached hydrogen (secondary N) is 3. The van der Waals surface area contributed by atoms with Crippen molar-refractivity contribution in [2.75, 3.05) is 38.8 Å². The zero-order valence-electron chi connectivity index (χ0n) is 24.7. The maximum absolute atomic E-state index is 14.4. The number of pyridine rings is 1. The predicted molar refractivity (Wildman–Crippen MR) is 159 cm³/mol. The fourth-order valence-electron chi connectivity index (χ4n) is 4.34. The number of aromatic nitrogens is 2. The van der Waals surface area contributed by atoms with Crippen molar-refractivity contribution >= 4 is 17.3 Å². The standard InChI is InChI=1S/C25H25FN4O4.3C2H6/c1-32-24-17(26)6-4-7-18(24)29-23-20-21-15(13-28-25(20)31)5-2-3-10-33-11-12-34-19-14-27-9-8-16(19)22(23)30-21;3*1-2/h2-4,6-9,14-15,29-30H,5,10-13H2,1H3,(H,28,31);3*1-2H3/b3-2-;;;. The van der Waals surface area contributed by atoms with Crippen molar-refractivity contribution in [3.8, 4) is 22.8 Å². The molecule has 8 nitrogen and oxygen atoms in total. The van der Waals surface area contributed by atoms with E-state index in [9.17, 15) is 9.18 Å². The van der Waals surface area contributed by atoms with Crippen LogP contribution in [0.4, 0.5) is 15.8 Å². The van der Waals surface area contributed by atoms with Crippen molar-refractivity contribution in [2.24, 2.45) is 0 Å². The van der Waals surface area contributed by atoms with Gasteiger partial charge in [-0.05, 0) is 24.6 Å². The number of carbonyl (C=O) groups excluding carboxylic acids is 1. The number of ether oxygens (including phenoxy) is 3. The van der Waals surface area contributed by atoms with Crippen LogP contribution in [-0.4, -0.2) is 49.4 Å². The van der Waals surface area contributed by atoms with E-state index in [0.29, 0.717) is 54.7 Å².